The van der Waals surface area contributed by atoms with Crippen molar-refractivity contribution in [3.05, 3.63) is 65.2 Å². The second-order valence-electron chi connectivity index (χ2n) is 6.12. The summed E-state index contributed by atoms with van der Waals surface area (Å²) in [7, 11) is 1.35. The van der Waals surface area contributed by atoms with Gasteiger partial charge in [0.15, 0.2) is 0 Å². The van der Waals surface area contributed by atoms with Crippen LogP contribution in [0.1, 0.15) is 16.7 Å². The lowest BCUT2D eigenvalue weighted by atomic mass is 9.94. The van der Waals surface area contributed by atoms with Crippen molar-refractivity contribution < 1.29 is 14.3 Å². The molecular weight excluding hydrogens is 330 g/mol. The fourth-order valence-electron chi connectivity index (χ4n) is 3.18. The number of fused-ring (bicyclic) bond motifs is 1. The zero-order valence-electron chi connectivity index (χ0n) is 14.4. The summed E-state index contributed by atoms with van der Waals surface area (Å²) >= 11 is 0. The summed E-state index contributed by atoms with van der Waals surface area (Å²) in [6.45, 7) is 0.525. The molecule has 132 valence electrons. The molecule has 0 aliphatic carbocycles. The monoisotopic (exact) mass is 349 g/mol. The molecule has 6 nitrogen and oxygen atoms in total. The van der Waals surface area contributed by atoms with Gasteiger partial charge in [-0.3, -0.25) is 14.5 Å². The van der Waals surface area contributed by atoms with Crippen LogP contribution in [0.15, 0.2) is 48.5 Å². The standard InChI is InChI=1S/C20H19N3O3/c1-26-20(25)18-10-14-6-2-3-8-16(14)12-23(18)13-19(24)22-17-9-5-4-7-15(17)11-21/h2-9,18H,10,12-13H2,1H3,(H,22,24)/t18-/m1/s1. The Hall–Kier alpha value is -3.17. The molecule has 1 aliphatic heterocycles. The summed E-state index contributed by atoms with van der Waals surface area (Å²) < 4.78 is 4.92. The number of carbonyl (C=O) groups excluding carboxylic acids is 2. The number of ether oxygens (including phenoxy) is 1. The number of hydrogen-bond acceptors (Lipinski definition) is 5. The molecule has 1 aliphatic rings. The number of nitrogens with one attached hydrogen (secondary N) is 1. The number of hydrogen-bond donors (Lipinski definition) is 1. The van der Waals surface area contributed by atoms with Gasteiger partial charge in [0.2, 0.25) is 5.91 Å². The van der Waals surface area contributed by atoms with E-state index in [1.807, 2.05) is 24.3 Å². The van der Waals surface area contributed by atoms with Gasteiger partial charge in [-0.05, 0) is 29.7 Å². The second-order valence-corrected chi connectivity index (χ2v) is 6.12. The van der Waals surface area contributed by atoms with Crippen LogP contribution in [0, 0.1) is 11.3 Å². The van der Waals surface area contributed by atoms with Crippen molar-refractivity contribution in [2.45, 2.75) is 19.0 Å². The van der Waals surface area contributed by atoms with Gasteiger partial charge < -0.3 is 10.1 Å². The lowest BCUT2D eigenvalue weighted by Gasteiger charge is -2.34. The number of amides is 1. The number of rotatable bonds is 4. The van der Waals surface area contributed by atoms with Crippen molar-refractivity contribution >= 4 is 17.6 Å². The number of nitriles is 1. The number of carbonyl (C=O) groups is 2. The fraction of sp³-hybridized carbons (Fsp3) is 0.250. The topological polar surface area (TPSA) is 82.4 Å². The van der Waals surface area contributed by atoms with Crippen LogP contribution in [0.25, 0.3) is 0 Å². The molecule has 2 aromatic rings. The molecular formula is C20H19N3O3. The van der Waals surface area contributed by atoms with E-state index in [1.54, 1.807) is 29.2 Å². The molecule has 0 unspecified atom stereocenters. The maximum Gasteiger partial charge on any atom is 0.323 e. The minimum atomic E-state index is -0.508. The van der Waals surface area contributed by atoms with E-state index in [4.69, 9.17) is 10.00 Å². The highest BCUT2D eigenvalue weighted by molar-refractivity contribution is 5.94. The normalized spacial score (nSPS) is 16.2. The first-order valence-electron chi connectivity index (χ1n) is 8.30. The van der Waals surface area contributed by atoms with E-state index in [1.165, 1.54) is 7.11 Å². The summed E-state index contributed by atoms with van der Waals surface area (Å²) in [5.41, 5.74) is 3.05. The zero-order valence-corrected chi connectivity index (χ0v) is 14.4. The molecule has 1 heterocycles. The van der Waals surface area contributed by atoms with E-state index in [9.17, 15) is 9.59 Å². The number of anilines is 1. The van der Waals surface area contributed by atoms with Crippen molar-refractivity contribution in [2.75, 3.05) is 19.0 Å². The molecule has 0 aromatic heterocycles. The largest absolute Gasteiger partial charge is 0.468 e. The first-order valence-corrected chi connectivity index (χ1v) is 8.30. The molecule has 0 radical (unpaired) electrons. The molecule has 0 spiro atoms. The quantitative estimate of drug-likeness (QED) is 0.855. The third kappa shape index (κ3) is 3.73. The van der Waals surface area contributed by atoms with E-state index in [0.29, 0.717) is 24.2 Å². The first kappa shape index (κ1) is 17.6. The lowest BCUT2D eigenvalue weighted by molar-refractivity contribution is -0.148. The van der Waals surface area contributed by atoms with Crippen molar-refractivity contribution in [1.29, 1.82) is 5.26 Å². The SMILES string of the molecule is COC(=O)[C@H]1Cc2ccccc2CN1CC(=O)Nc1ccccc1C#N. The zero-order chi connectivity index (χ0) is 18.5. The number of benzene rings is 2. The molecule has 0 fully saturated rings. The van der Waals surface area contributed by atoms with Gasteiger partial charge in [0.05, 0.1) is 24.9 Å². The molecule has 6 heteroatoms. The van der Waals surface area contributed by atoms with Crippen LogP contribution in [-0.4, -0.2) is 36.5 Å². The Kier molecular flexibility index (Phi) is 5.30. The highest BCUT2D eigenvalue weighted by Gasteiger charge is 2.33. The second kappa shape index (κ2) is 7.81. The average Bonchev–Trinajstić information content (AvgIpc) is 2.67. The molecule has 26 heavy (non-hydrogen) atoms. The smallest absolute Gasteiger partial charge is 0.323 e. The Morgan fingerprint density at radius 3 is 2.62 bits per heavy atom. The number of para-hydroxylation sites is 1. The van der Waals surface area contributed by atoms with Crippen LogP contribution in [-0.2, 0) is 27.3 Å². The van der Waals surface area contributed by atoms with E-state index >= 15 is 0 Å². The van der Waals surface area contributed by atoms with Gasteiger partial charge in [-0.1, -0.05) is 36.4 Å². The molecule has 3 rings (SSSR count). The van der Waals surface area contributed by atoms with Crippen LogP contribution in [0.4, 0.5) is 5.69 Å². The van der Waals surface area contributed by atoms with Gasteiger partial charge in [-0.15, -0.1) is 0 Å². The predicted octanol–water partition coefficient (Wildman–Crippen LogP) is 2.10. The van der Waals surface area contributed by atoms with E-state index in [0.717, 1.165) is 11.1 Å². The third-order valence-corrected chi connectivity index (χ3v) is 4.49. The average molecular weight is 349 g/mol. The summed E-state index contributed by atoms with van der Waals surface area (Å²) in [5.74, 6) is -0.634. The van der Waals surface area contributed by atoms with E-state index in [-0.39, 0.29) is 18.4 Å². The summed E-state index contributed by atoms with van der Waals surface area (Å²) in [5, 5.41) is 11.9. The van der Waals surface area contributed by atoms with E-state index in [2.05, 4.69) is 11.4 Å². The maximum absolute atomic E-state index is 12.5. The number of esters is 1. The molecule has 0 saturated carbocycles. The third-order valence-electron chi connectivity index (χ3n) is 4.49. The van der Waals surface area contributed by atoms with Gasteiger partial charge in [0, 0.05) is 6.54 Å². The van der Waals surface area contributed by atoms with Gasteiger partial charge in [-0.2, -0.15) is 5.26 Å². The van der Waals surface area contributed by atoms with Crippen LogP contribution >= 0.6 is 0 Å². The Bertz CT molecular complexity index is 873. The Morgan fingerprint density at radius 1 is 1.19 bits per heavy atom. The maximum atomic E-state index is 12.5. The predicted molar refractivity (Wildman–Crippen MR) is 96.1 cm³/mol. The van der Waals surface area contributed by atoms with Crippen molar-refractivity contribution in [1.82, 2.24) is 4.90 Å². The summed E-state index contributed by atoms with van der Waals surface area (Å²) in [6.07, 6.45) is 0.505. The lowest BCUT2D eigenvalue weighted by Crippen LogP contribution is -2.49. The minimum Gasteiger partial charge on any atom is -0.468 e. The Balaban J connectivity index is 1.77. The van der Waals surface area contributed by atoms with Gasteiger partial charge in [0.25, 0.3) is 0 Å². The van der Waals surface area contributed by atoms with Crippen molar-refractivity contribution in [3.8, 4) is 6.07 Å². The Morgan fingerprint density at radius 2 is 1.88 bits per heavy atom. The highest BCUT2D eigenvalue weighted by atomic mass is 16.5. The van der Waals surface area contributed by atoms with Crippen LogP contribution < -0.4 is 5.32 Å². The molecule has 0 saturated heterocycles. The minimum absolute atomic E-state index is 0.0356. The van der Waals surface area contributed by atoms with Crippen molar-refractivity contribution in [3.63, 3.8) is 0 Å². The van der Waals surface area contributed by atoms with E-state index < -0.39 is 6.04 Å². The van der Waals surface area contributed by atoms with Crippen LogP contribution in [0.5, 0.6) is 0 Å². The molecule has 0 bridgehead atoms. The fourth-order valence-corrected chi connectivity index (χ4v) is 3.18. The molecule has 1 N–H and O–H groups in total. The Labute approximate surface area is 152 Å². The summed E-state index contributed by atoms with van der Waals surface area (Å²) in [4.78, 5) is 26.5. The van der Waals surface area contributed by atoms with Gasteiger partial charge >= 0.3 is 5.97 Å². The van der Waals surface area contributed by atoms with Crippen molar-refractivity contribution in [2.24, 2.45) is 0 Å². The summed E-state index contributed by atoms with van der Waals surface area (Å²) in [6, 6.07) is 16.2. The first-order chi connectivity index (χ1) is 12.6. The molecule has 2 aromatic carbocycles. The highest BCUT2D eigenvalue weighted by Crippen LogP contribution is 2.24. The van der Waals surface area contributed by atoms with Gasteiger partial charge in [0.1, 0.15) is 12.1 Å². The molecule has 1 atom stereocenters. The van der Waals surface area contributed by atoms with Gasteiger partial charge in [-0.25, -0.2) is 0 Å². The van der Waals surface area contributed by atoms with Crippen LogP contribution in [0.3, 0.4) is 0 Å². The molecule has 1 amide bonds. The number of methoxy groups -OCH3 is 1. The van der Waals surface area contributed by atoms with Crippen LogP contribution in [0.2, 0.25) is 0 Å². The number of nitrogens with zero attached hydrogens (tertiary/aromatic N) is 2.